The number of nitrogens with zero attached hydrogens (tertiary/aromatic N) is 3. The molecule has 1 N–H and O–H groups in total. The van der Waals surface area contributed by atoms with Crippen molar-refractivity contribution in [3.63, 3.8) is 0 Å². The number of tetrazole rings is 1. The first-order valence-electron chi connectivity index (χ1n) is 3.96. The van der Waals surface area contributed by atoms with Gasteiger partial charge in [-0.15, -0.1) is 0 Å². The first-order chi connectivity index (χ1) is 6.70. The van der Waals surface area contributed by atoms with Crippen LogP contribution in [0.3, 0.4) is 0 Å². The van der Waals surface area contributed by atoms with Gasteiger partial charge in [-0.25, -0.2) is 4.68 Å². The third-order valence-corrected chi connectivity index (χ3v) is 3.07. The van der Waals surface area contributed by atoms with E-state index in [1.54, 1.807) is 4.68 Å². The summed E-state index contributed by atoms with van der Waals surface area (Å²) in [6.45, 7) is 2.00. The van der Waals surface area contributed by atoms with E-state index in [1.165, 1.54) is 0 Å². The Bertz CT molecular complexity index is 516. The van der Waals surface area contributed by atoms with E-state index < -0.39 is 0 Å². The average molecular weight is 271 g/mol. The smallest absolute Gasteiger partial charge is 0.209 e. The molecule has 0 unspecified atom stereocenters. The Labute approximate surface area is 94.1 Å². The summed E-state index contributed by atoms with van der Waals surface area (Å²) in [7, 11) is 0. The number of nitrogens with one attached hydrogen (secondary N) is 1. The van der Waals surface area contributed by atoms with Crippen molar-refractivity contribution in [2.45, 2.75) is 6.92 Å². The van der Waals surface area contributed by atoms with Gasteiger partial charge in [0.15, 0.2) is 0 Å². The van der Waals surface area contributed by atoms with Gasteiger partial charge in [0.1, 0.15) is 0 Å². The largest absolute Gasteiger partial charge is 0.242 e. The van der Waals surface area contributed by atoms with E-state index in [0.29, 0.717) is 4.77 Å². The Morgan fingerprint density at radius 3 is 2.93 bits per heavy atom. The molecule has 1 aromatic carbocycles. The summed E-state index contributed by atoms with van der Waals surface area (Å²) in [4.78, 5) is 0. The maximum absolute atomic E-state index is 5.01. The minimum absolute atomic E-state index is 0.422. The van der Waals surface area contributed by atoms with Crippen LogP contribution in [-0.4, -0.2) is 20.2 Å². The number of hydrogen-bond donors (Lipinski definition) is 1. The van der Waals surface area contributed by atoms with Crippen molar-refractivity contribution in [2.75, 3.05) is 0 Å². The molecular weight excluding hydrogens is 264 g/mol. The number of H-pyrrole nitrogens is 1. The molecule has 14 heavy (non-hydrogen) atoms. The molecule has 2 aromatic rings. The summed E-state index contributed by atoms with van der Waals surface area (Å²) in [5.41, 5.74) is 2.05. The summed E-state index contributed by atoms with van der Waals surface area (Å²) in [5, 5.41) is 10.1. The lowest BCUT2D eigenvalue weighted by Gasteiger charge is -2.06. The van der Waals surface area contributed by atoms with E-state index in [4.69, 9.17) is 12.2 Å². The SMILES string of the molecule is Cc1c(Br)cccc1-n1[nH]nnc1=S. The number of hydrogen-bond acceptors (Lipinski definition) is 3. The fourth-order valence-corrected chi connectivity index (χ4v) is 1.73. The van der Waals surface area contributed by atoms with Crippen LogP contribution in [0.2, 0.25) is 0 Å². The van der Waals surface area contributed by atoms with Crippen molar-refractivity contribution in [2.24, 2.45) is 0 Å². The van der Waals surface area contributed by atoms with Crippen LogP contribution in [0.5, 0.6) is 0 Å². The Hall–Kier alpha value is -1.01. The normalized spacial score (nSPS) is 10.4. The molecule has 6 heteroatoms. The second kappa shape index (κ2) is 3.62. The average Bonchev–Trinajstić information content (AvgIpc) is 2.57. The highest BCUT2D eigenvalue weighted by atomic mass is 79.9. The molecule has 1 heterocycles. The number of benzene rings is 1. The molecule has 1 aromatic heterocycles. The van der Waals surface area contributed by atoms with E-state index in [2.05, 4.69) is 31.5 Å². The molecule has 2 rings (SSSR count). The Kier molecular flexibility index (Phi) is 2.47. The molecule has 4 nitrogen and oxygen atoms in total. The van der Waals surface area contributed by atoms with Crippen LogP contribution in [0.1, 0.15) is 5.56 Å². The van der Waals surface area contributed by atoms with E-state index in [-0.39, 0.29) is 0 Å². The molecular formula is C8H7BrN4S. The van der Waals surface area contributed by atoms with Gasteiger partial charge in [-0.1, -0.05) is 32.3 Å². The maximum Gasteiger partial charge on any atom is 0.242 e. The molecule has 0 aliphatic heterocycles. The molecule has 0 saturated carbocycles. The Balaban J connectivity index is 2.69. The van der Waals surface area contributed by atoms with Gasteiger partial charge in [0.2, 0.25) is 4.77 Å². The summed E-state index contributed by atoms with van der Waals surface area (Å²) < 4.78 is 3.12. The van der Waals surface area contributed by atoms with Gasteiger partial charge in [0, 0.05) is 4.47 Å². The highest BCUT2D eigenvalue weighted by Crippen LogP contribution is 2.21. The first-order valence-corrected chi connectivity index (χ1v) is 5.16. The monoisotopic (exact) mass is 270 g/mol. The highest BCUT2D eigenvalue weighted by molar-refractivity contribution is 9.10. The van der Waals surface area contributed by atoms with E-state index >= 15 is 0 Å². The number of aromatic amines is 1. The standard InChI is InChI=1S/C8H7BrN4S/c1-5-6(9)3-2-4-7(5)13-8(14)10-11-12-13/h2-4H,1H3,(H,10,12,14). The quantitative estimate of drug-likeness (QED) is 0.810. The van der Waals surface area contributed by atoms with Crippen molar-refractivity contribution in [3.05, 3.63) is 33.0 Å². The fraction of sp³-hybridized carbons (Fsp3) is 0.125. The second-order valence-corrected chi connectivity index (χ2v) is 4.02. The molecule has 0 aliphatic carbocycles. The maximum atomic E-state index is 5.01. The number of aromatic nitrogens is 4. The van der Waals surface area contributed by atoms with Crippen molar-refractivity contribution in [3.8, 4) is 5.69 Å². The zero-order valence-corrected chi connectivity index (χ0v) is 9.76. The van der Waals surface area contributed by atoms with Crippen molar-refractivity contribution >= 4 is 28.1 Å². The Morgan fingerprint density at radius 2 is 2.29 bits per heavy atom. The van der Waals surface area contributed by atoms with Gasteiger partial charge in [-0.2, -0.15) is 5.21 Å². The topological polar surface area (TPSA) is 46.5 Å². The lowest BCUT2D eigenvalue weighted by molar-refractivity contribution is 0.781. The van der Waals surface area contributed by atoms with Gasteiger partial charge in [-0.3, -0.25) is 0 Å². The molecule has 0 saturated heterocycles. The van der Waals surface area contributed by atoms with Crippen LogP contribution in [-0.2, 0) is 0 Å². The molecule has 72 valence electrons. The van der Waals surface area contributed by atoms with Gasteiger partial charge >= 0.3 is 0 Å². The van der Waals surface area contributed by atoms with Crippen LogP contribution < -0.4 is 0 Å². The fourth-order valence-electron chi connectivity index (χ4n) is 1.19. The molecule has 0 atom stereocenters. The van der Waals surface area contributed by atoms with Gasteiger partial charge < -0.3 is 0 Å². The number of rotatable bonds is 1. The predicted octanol–water partition coefficient (Wildman–Crippen LogP) is 2.40. The Morgan fingerprint density at radius 1 is 1.50 bits per heavy atom. The first kappa shape index (κ1) is 9.54. The van der Waals surface area contributed by atoms with Crippen molar-refractivity contribution < 1.29 is 0 Å². The molecule has 0 radical (unpaired) electrons. The lowest BCUT2D eigenvalue weighted by Crippen LogP contribution is -1.99. The van der Waals surface area contributed by atoms with Crippen LogP contribution >= 0.6 is 28.1 Å². The lowest BCUT2D eigenvalue weighted by atomic mass is 10.2. The molecule has 0 spiro atoms. The molecule has 0 fully saturated rings. The third kappa shape index (κ3) is 1.51. The van der Waals surface area contributed by atoms with Gasteiger partial charge in [0.05, 0.1) is 5.69 Å². The summed E-state index contributed by atoms with van der Waals surface area (Å²) in [6.07, 6.45) is 0. The summed E-state index contributed by atoms with van der Waals surface area (Å²) in [6, 6.07) is 5.87. The summed E-state index contributed by atoms with van der Waals surface area (Å²) >= 11 is 8.47. The predicted molar refractivity (Wildman–Crippen MR) is 59.0 cm³/mol. The van der Waals surface area contributed by atoms with Gasteiger partial charge in [-0.05, 0) is 36.8 Å². The highest BCUT2D eigenvalue weighted by Gasteiger charge is 2.05. The van der Waals surface area contributed by atoms with Crippen LogP contribution in [0.4, 0.5) is 0 Å². The van der Waals surface area contributed by atoms with Gasteiger partial charge in [0.25, 0.3) is 0 Å². The van der Waals surface area contributed by atoms with E-state index in [0.717, 1.165) is 15.7 Å². The van der Waals surface area contributed by atoms with Crippen LogP contribution in [0, 0.1) is 11.7 Å². The zero-order valence-electron chi connectivity index (χ0n) is 7.36. The van der Waals surface area contributed by atoms with E-state index in [9.17, 15) is 0 Å². The summed E-state index contributed by atoms with van der Waals surface area (Å²) in [5.74, 6) is 0. The minimum atomic E-state index is 0.422. The van der Waals surface area contributed by atoms with Crippen molar-refractivity contribution in [1.82, 2.24) is 20.2 Å². The molecule has 0 aliphatic rings. The number of halogens is 1. The van der Waals surface area contributed by atoms with Crippen molar-refractivity contribution in [1.29, 1.82) is 0 Å². The van der Waals surface area contributed by atoms with Crippen LogP contribution in [0.15, 0.2) is 22.7 Å². The zero-order chi connectivity index (χ0) is 10.1. The minimum Gasteiger partial charge on any atom is -0.209 e. The van der Waals surface area contributed by atoms with E-state index in [1.807, 2.05) is 25.1 Å². The second-order valence-electron chi connectivity index (χ2n) is 2.80. The molecule has 0 bridgehead atoms. The van der Waals surface area contributed by atoms with Crippen LogP contribution in [0.25, 0.3) is 5.69 Å². The third-order valence-electron chi connectivity index (χ3n) is 1.95. The molecule has 0 amide bonds.